The van der Waals surface area contributed by atoms with Gasteiger partial charge < -0.3 is 9.84 Å². The molecule has 114 valence electrons. The number of aliphatic hydroxyl groups excluding tert-OH is 1. The molecule has 1 unspecified atom stereocenters. The number of likely N-dealkylation sites (N-methyl/N-ethyl adjacent to an activating group) is 1. The van der Waals surface area contributed by atoms with Gasteiger partial charge in [-0.1, -0.05) is 23.4 Å². The molecule has 0 radical (unpaired) electrons. The molecule has 0 saturated carbocycles. The molecule has 1 atom stereocenters. The number of sulfonamides is 1. The van der Waals surface area contributed by atoms with Crippen LogP contribution in [0, 0.1) is 11.8 Å². The lowest BCUT2D eigenvalue weighted by atomic mass is 10.2. The Labute approximate surface area is 129 Å². The van der Waals surface area contributed by atoms with Crippen LogP contribution in [0.5, 0.6) is 0 Å². The predicted octanol–water partition coefficient (Wildman–Crippen LogP) is 1.09. The third-order valence-corrected chi connectivity index (χ3v) is 5.71. The van der Waals surface area contributed by atoms with Crippen LogP contribution in [-0.4, -0.2) is 50.7 Å². The van der Waals surface area contributed by atoms with Crippen molar-refractivity contribution >= 4 is 21.6 Å². The van der Waals surface area contributed by atoms with Crippen molar-refractivity contribution in [1.82, 2.24) is 4.31 Å². The molecule has 21 heavy (non-hydrogen) atoms. The number of rotatable bonds is 3. The van der Waals surface area contributed by atoms with Crippen molar-refractivity contribution in [2.75, 3.05) is 26.9 Å². The molecule has 1 N–H and O–H groups in total. The molecule has 2 rings (SSSR count). The van der Waals surface area contributed by atoms with Crippen molar-refractivity contribution < 1.29 is 18.3 Å². The van der Waals surface area contributed by atoms with Gasteiger partial charge in [-0.2, -0.15) is 4.31 Å². The van der Waals surface area contributed by atoms with E-state index in [-0.39, 0.29) is 22.6 Å². The number of hydrogen-bond acceptors (Lipinski definition) is 4. The van der Waals surface area contributed by atoms with Crippen molar-refractivity contribution in [3.8, 4) is 11.8 Å². The Kier molecular flexibility index (Phi) is 5.25. The van der Waals surface area contributed by atoms with Crippen LogP contribution in [0.15, 0.2) is 23.1 Å². The van der Waals surface area contributed by atoms with E-state index in [9.17, 15) is 8.42 Å². The van der Waals surface area contributed by atoms with Crippen molar-refractivity contribution in [1.29, 1.82) is 0 Å². The molecule has 5 nitrogen and oxygen atoms in total. The molecular formula is C14H16ClNO4S. The minimum absolute atomic E-state index is 0.0492. The molecule has 1 aliphatic rings. The topological polar surface area (TPSA) is 66.8 Å². The van der Waals surface area contributed by atoms with Crippen LogP contribution >= 0.6 is 11.6 Å². The maximum Gasteiger partial charge on any atom is 0.244 e. The smallest absolute Gasteiger partial charge is 0.244 e. The van der Waals surface area contributed by atoms with Gasteiger partial charge in [-0.25, -0.2) is 8.42 Å². The maximum absolute atomic E-state index is 12.6. The molecule has 1 fully saturated rings. The van der Waals surface area contributed by atoms with Crippen molar-refractivity contribution in [3.63, 3.8) is 0 Å². The first-order chi connectivity index (χ1) is 9.96. The van der Waals surface area contributed by atoms with Crippen LogP contribution in [0.2, 0.25) is 5.02 Å². The third kappa shape index (κ3) is 3.57. The quantitative estimate of drug-likeness (QED) is 0.843. The molecule has 1 heterocycles. The molecule has 0 amide bonds. The Morgan fingerprint density at radius 3 is 2.86 bits per heavy atom. The normalized spacial score (nSPS) is 18.6. The summed E-state index contributed by atoms with van der Waals surface area (Å²) in [6, 6.07) is 4.32. The van der Waals surface area contributed by atoms with E-state index in [1.165, 1.54) is 23.5 Å². The number of halogens is 1. The summed E-state index contributed by atoms with van der Waals surface area (Å²) in [5, 5.41) is 8.77. The average Bonchev–Trinajstić information content (AvgIpc) is 2.98. The third-order valence-electron chi connectivity index (χ3n) is 3.32. The van der Waals surface area contributed by atoms with Crippen molar-refractivity contribution in [2.24, 2.45) is 0 Å². The Morgan fingerprint density at radius 2 is 2.29 bits per heavy atom. The fourth-order valence-corrected chi connectivity index (χ4v) is 3.98. The summed E-state index contributed by atoms with van der Waals surface area (Å²) in [7, 11) is -2.13. The zero-order chi connectivity index (χ0) is 15.5. The summed E-state index contributed by atoms with van der Waals surface area (Å²) in [6.45, 7) is 0.698. The first kappa shape index (κ1) is 16.3. The number of ether oxygens (including phenoxy) is 1. The average molecular weight is 330 g/mol. The molecule has 1 aromatic rings. The molecule has 1 aliphatic heterocycles. The summed E-state index contributed by atoms with van der Waals surface area (Å²) in [5.41, 5.74) is 0.555. The molecule has 0 bridgehead atoms. The molecule has 1 saturated heterocycles. The molecule has 1 aromatic carbocycles. The van der Waals surface area contributed by atoms with E-state index < -0.39 is 10.0 Å². The van der Waals surface area contributed by atoms with E-state index in [1.54, 1.807) is 6.07 Å². The zero-order valence-corrected chi connectivity index (χ0v) is 13.1. The van der Waals surface area contributed by atoms with E-state index in [1.807, 2.05) is 0 Å². The van der Waals surface area contributed by atoms with E-state index >= 15 is 0 Å². The van der Waals surface area contributed by atoms with E-state index in [0.29, 0.717) is 25.2 Å². The molecule has 0 aliphatic carbocycles. The van der Waals surface area contributed by atoms with Crippen LogP contribution < -0.4 is 0 Å². The number of hydrogen-bond donors (Lipinski definition) is 1. The minimum Gasteiger partial charge on any atom is -0.384 e. The van der Waals surface area contributed by atoms with Gasteiger partial charge in [0.15, 0.2) is 0 Å². The number of nitrogens with zero attached hydrogens (tertiary/aromatic N) is 1. The first-order valence-corrected chi connectivity index (χ1v) is 8.23. The molecular weight excluding hydrogens is 314 g/mol. The van der Waals surface area contributed by atoms with Crippen LogP contribution in [0.1, 0.15) is 12.0 Å². The summed E-state index contributed by atoms with van der Waals surface area (Å²) < 4.78 is 31.7. The van der Waals surface area contributed by atoms with Gasteiger partial charge in [-0.05, 0) is 24.6 Å². The lowest BCUT2D eigenvalue weighted by molar-refractivity contribution is 0.181. The van der Waals surface area contributed by atoms with Gasteiger partial charge >= 0.3 is 0 Å². The van der Waals surface area contributed by atoms with Crippen molar-refractivity contribution in [2.45, 2.75) is 17.4 Å². The van der Waals surface area contributed by atoms with Gasteiger partial charge in [0, 0.05) is 19.2 Å². The molecule has 7 heteroatoms. The molecule has 0 aromatic heterocycles. The highest BCUT2D eigenvalue weighted by molar-refractivity contribution is 7.89. The lowest BCUT2D eigenvalue weighted by Gasteiger charge is -2.23. The zero-order valence-electron chi connectivity index (χ0n) is 11.5. The van der Waals surface area contributed by atoms with E-state index in [0.717, 1.165) is 0 Å². The Morgan fingerprint density at radius 1 is 1.52 bits per heavy atom. The van der Waals surface area contributed by atoms with E-state index in [2.05, 4.69) is 11.8 Å². The van der Waals surface area contributed by atoms with Gasteiger partial charge in [0.25, 0.3) is 0 Å². The monoisotopic (exact) mass is 329 g/mol. The standard InChI is InChI=1S/C14H16ClNO4S/c1-16(12-6-8-20-10-12)21(18,19)14-5-4-11(3-2-7-17)9-13(14)15/h4-5,9,12,17H,6-8,10H2,1H3. The highest BCUT2D eigenvalue weighted by atomic mass is 35.5. The van der Waals surface area contributed by atoms with Gasteiger partial charge in [-0.3, -0.25) is 0 Å². The van der Waals surface area contributed by atoms with Crippen LogP contribution in [0.25, 0.3) is 0 Å². The number of aliphatic hydroxyl groups is 1. The number of benzene rings is 1. The second-order valence-corrected chi connectivity index (χ2v) is 7.02. The SMILES string of the molecule is CN(C1CCOC1)S(=O)(=O)c1ccc(C#CCO)cc1Cl. The summed E-state index contributed by atoms with van der Waals surface area (Å²) in [5.74, 6) is 5.17. The fourth-order valence-electron chi connectivity index (χ4n) is 2.09. The van der Waals surface area contributed by atoms with Crippen LogP contribution in [-0.2, 0) is 14.8 Å². The Hall–Kier alpha value is -1.10. The summed E-state index contributed by atoms with van der Waals surface area (Å²) >= 11 is 6.08. The highest BCUT2D eigenvalue weighted by Crippen LogP contribution is 2.27. The molecule has 0 spiro atoms. The minimum atomic E-state index is -3.67. The van der Waals surface area contributed by atoms with Crippen molar-refractivity contribution in [3.05, 3.63) is 28.8 Å². The predicted molar refractivity (Wildman–Crippen MR) is 79.6 cm³/mol. The highest BCUT2D eigenvalue weighted by Gasteiger charge is 2.31. The fraction of sp³-hybridized carbons (Fsp3) is 0.429. The maximum atomic E-state index is 12.6. The summed E-state index contributed by atoms with van der Waals surface area (Å²) in [6.07, 6.45) is 0.674. The Bertz CT molecular complexity index is 672. The van der Waals surface area contributed by atoms with Gasteiger partial charge in [0.05, 0.1) is 17.7 Å². The lowest BCUT2D eigenvalue weighted by Crippen LogP contribution is -2.37. The van der Waals surface area contributed by atoms with Crippen LogP contribution in [0.3, 0.4) is 0 Å². The Balaban J connectivity index is 2.31. The second-order valence-electron chi connectivity index (χ2n) is 4.64. The van der Waals surface area contributed by atoms with Crippen LogP contribution in [0.4, 0.5) is 0 Å². The summed E-state index contributed by atoms with van der Waals surface area (Å²) in [4.78, 5) is 0.0492. The van der Waals surface area contributed by atoms with E-state index in [4.69, 9.17) is 21.4 Å². The largest absolute Gasteiger partial charge is 0.384 e. The van der Waals surface area contributed by atoms with Gasteiger partial charge in [0.1, 0.15) is 11.5 Å². The van der Waals surface area contributed by atoms with Gasteiger partial charge in [0.2, 0.25) is 10.0 Å². The second kappa shape index (κ2) is 6.77. The van der Waals surface area contributed by atoms with Gasteiger partial charge in [-0.15, -0.1) is 0 Å². The first-order valence-electron chi connectivity index (χ1n) is 6.42.